The van der Waals surface area contributed by atoms with Crippen molar-refractivity contribution in [2.45, 2.75) is 117 Å². The summed E-state index contributed by atoms with van der Waals surface area (Å²) in [5, 5.41) is 5.99. The third kappa shape index (κ3) is 13.6. The number of likely N-dealkylation sites (N-methyl/N-ethyl adjacent to an activating group) is 2. The normalized spacial score (nSPS) is 15.6. The highest BCUT2D eigenvalue weighted by molar-refractivity contribution is 5.91. The van der Waals surface area contributed by atoms with Gasteiger partial charge in [0.1, 0.15) is 18.4 Å². The van der Waals surface area contributed by atoms with Crippen LogP contribution < -0.4 is 10.6 Å². The number of ether oxygens (including phenoxy) is 1. The van der Waals surface area contributed by atoms with Crippen LogP contribution in [0.4, 0.5) is 0 Å². The number of esters is 1. The van der Waals surface area contributed by atoms with E-state index in [1.54, 1.807) is 33.0 Å². The Kier molecular flexibility index (Phi) is 17.9. The standard InChI is InChI=1S/C29H53N3O6/c1-19(2)18-23(30-7)29(37)31-26(20(3)4)24(35)14-12-10-11-13-15-25(36)27(32(8)9)28(38-22(6)34)21(5)16-17-33/h17,19-21,23,26-28,30H,10-16,18H2,1-9H3,(H,31,37)/t21-,23+,26+,27+,28-/m1/s1. The van der Waals surface area contributed by atoms with E-state index in [4.69, 9.17) is 4.74 Å². The van der Waals surface area contributed by atoms with Gasteiger partial charge >= 0.3 is 5.97 Å². The van der Waals surface area contributed by atoms with Crippen LogP contribution >= 0.6 is 0 Å². The molecular weight excluding hydrogens is 486 g/mol. The van der Waals surface area contributed by atoms with Crippen LogP contribution in [0, 0.1) is 17.8 Å². The van der Waals surface area contributed by atoms with Crippen LogP contribution in [0.2, 0.25) is 0 Å². The number of aldehydes is 1. The number of carbonyl (C=O) groups excluding carboxylic acids is 5. The molecule has 0 fully saturated rings. The van der Waals surface area contributed by atoms with Crippen molar-refractivity contribution in [2.75, 3.05) is 21.1 Å². The van der Waals surface area contributed by atoms with Crippen molar-refractivity contribution in [3.05, 3.63) is 0 Å². The van der Waals surface area contributed by atoms with Crippen molar-refractivity contribution in [2.24, 2.45) is 17.8 Å². The number of ketones is 2. The number of hydrogen-bond acceptors (Lipinski definition) is 8. The fourth-order valence-corrected chi connectivity index (χ4v) is 4.69. The lowest BCUT2D eigenvalue weighted by molar-refractivity contribution is -0.155. The third-order valence-corrected chi connectivity index (χ3v) is 6.81. The molecule has 38 heavy (non-hydrogen) atoms. The summed E-state index contributed by atoms with van der Waals surface area (Å²) in [5.41, 5.74) is 0. The lowest BCUT2D eigenvalue weighted by Crippen LogP contribution is -2.51. The van der Waals surface area contributed by atoms with E-state index in [9.17, 15) is 24.0 Å². The van der Waals surface area contributed by atoms with Gasteiger partial charge in [0.05, 0.1) is 12.1 Å². The summed E-state index contributed by atoms with van der Waals surface area (Å²) in [6.07, 6.45) is 4.64. The minimum absolute atomic E-state index is 0.00429. The molecule has 0 rings (SSSR count). The number of Topliss-reactive ketones (excluding diaryl/α,β-unsaturated/α-hetero) is 2. The van der Waals surface area contributed by atoms with Gasteiger partial charge in [0, 0.05) is 32.1 Å². The molecule has 0 unspecified atom stereocenters. The van der Waals surface area contributed by atoms with E-state index >= 15 is 0 Å². The van der Waals surface area contributed by atoms with Crippen LogP contribution in [-0.2, 0) is 28.7 Å². The van der Waals surface area contributed by atoms with Crippen LogP contribution in [0.5, 0.6) is 0 Å². The number of carbonyl (C=O) groups is 5. The molecular formula is C29H53N3O6. The molecule has 0 heterocycles. The van der Waals surface area contributed by atoms with Gasteiger partial charge in [-0.3, -0.25) is 24.1 Å². The Balaban J connectivity index is 4.81. The molecule has 5 atom stereocenters. The minimum Gasteiger partial charge on any atom is -0.460 e. The molecule has 0 bridgehead atoms. The lowest BCUT2D eigenvalue weighted by Gasteiger charge is -2.33. The average molecular weight is 540 g/mol. The van der Waals surface area contributed by atoms with Crippen LogP contribution in [0.15, 0.2) is 0 Å². The first-order chi connectivity index (χ1) is 17.8. The first-order valence-electron chi connectivity index (χ1n) is 14.1. The van der Waals surface area contributed by atoms with Gasteiger partial charge in [0.2, 0.25) is 5.91 Å². The Bertz CT molecular complexity index is 753. The molecule has 0 aliphatic carbocycles. The van der Waals surface area contributed by atoms with Gasteiger partial charge in [-0.05, 0) is 52.2 Å². The Morgan fingerprint density at radius 3 is 1.87 bits per heavy atom. The summed E-state index contributed by atoms with van der Waals surface area (Å²) in [6.45, 7) is 11.1. The second-order valence-corrected chi connectivity index (χ2v) is 11.4. The van der Waals surface area contributed by atoms with E-state index in [-0.39, 0.29) is 41.8 Å². The van der Waals surface area contributed by atoms with E-state index in [1.807, 2.05) is 13.8 Å². The molecule has 9 nitrogen and oxygen atoms in total. The smallest absolute Gasteiger partial charge is 0.302 e. The molecule has 0 aromatic heterocycles. The van der Waals surface area contributed by atoms with Crippen molar-refractivity contribution in [3.63, 3.8) is 0 Å². The number of unbranched alkanes of at least 4 members (excludes halogenated alkanes) is 3. The topological polar surface area (TPSA) is 122 Å². The molecule has 0 saturated heterocycles. The molecule has 0 aromatic carbocycles. The molecule has 0 radical (unpaired) electrons. The van der Waals surface area contributed by atoms with Gasteiger partial charge in [0.25, 0.3) is 0 Å². The third-order valence-electron chi connectivity index (χ3n) is 6.81. The summed E-state index contributed by atoms with van der Waals surface area (Å²) in [5.74, 6) is -0.537. The van der Waals surface area contributed by atoms with Gasteiger partial charge < -0.3 is 20.2 Å². The van der Waals surface area contributed by atoms with E-state index in [0.29, 0.717) is 38.0 Å². The summed E-state index contributed by atoms with van der Waals surface area (Å²) in [7, 11) is 5.29. The van der Waals surface area contributed by atoms with Gasteiger partial charge in [-0.25, -0.2) is 0 Å². The molecule has 220 valence electrons. The van der Waals surface area contributed by atoms with Crippen LogP contribution in [0.3, 0.4) is 0 Å². The fourth-order valence-electron chi connectivity index (χ4n) is 4.69. The number of rotatable bonds is 21. The zero-order valence-corrected chi connectivity index (χ0v) is 25.2. The second kappa shape index (κ2) is 19.0. The van der Waals surface area contributed by atoms with E-state index in [0.717, 1.165) is 19.1 Å². The maximum atomic E-state index is 13.1. The number of amides is 1. The maximum Gasteiger partial charge on any atom is 0.302 e. The lowest BCUT2D eigenvalue weighted by atomic mass is 9.90. The quantitative estimate of drug-likeness (QED) is 0.129. The Labute approximate surface area is 230 Å². The maximum absolute atomic E-state index is 13.1. The van der Waals surface area contributed by atoms with Gasteiger partial charge in [0.15, 0.2) is 11.6 Å². The van der Waals surface area contributed by atoms with Gasteiger partial charge in [-0.1, -0.05) is 47.5 Å². The highest BCUT2D eigenvalue weighted by Crippen LogP contribution is 2.21. The summed E-state index contributed by atoms with van der Waals surface area (Å²) >= 11 is 0. The molecule has 9 heteroatoms. The molecule has 1 amide bonds. The predicted octanol–water partition coefficient (Wildman–Crippen LogP) is 3.33. The van der Waals surface area contributed by atoms with Crippen LogP contribution in [0.25, 0.3) is 0 Å². The predicted molar refractivity (Wildman–Crippen MR) is 150 cm³/mol. The van der Waals surface area contributed by atoms with Crippen molar-refractivity contribution in [1.29, 1.82) is 0 Å². The Hall–Kier alpha value is -2.13. The van der Waals surface area contributed by atoms with E-state index in [1.165, 1.54) is 6.92 Å². The molecule has 0 aliphatic rings. The first kappa shape index (κ1) is 35.9. The zero-order valence-electron chi connectivity index (χ0n) is 25.2. The van der Waals surface area contributed by atoms with Crippen LogP contribution in [-0.4, -0.2) is 80.0 Å². The van der Waals surface area contributed by atoms with Crippen molar-refractivity contribution in [3.8, 4) is 0 Å². The Morgan fingerprint density at radius 2 is 1.45 bits per heavy atom. The number of nitrogens with one attached hydrogen (secondary N) is 2. The number of nitrogens with zero attached hydrogens (tertiary/aromatic N) is 1. The van der Waals surface area contributed by atoms with Crippen LogP contribution in [0.1, 0.15) is 92.9 Å². The molecule has 0 aliphatic heterocycles. The van der Waals surface area contributed by atoms with Crippen molar-refractivity contribution >= 4 is 29.7 Å². The molecule has 0 saturated carbocycles. The minimum atomic E-state index is -0.691. The van der Waals surface area contributed by atoms with Gasteiger partial charge in [-0.15, -0.1) is 0 Å². The van der Waals surface area contributed by atoms with Crippen molar-refractivity contribution < 1.29 is 28.7 Å². The molecule has 0 spiro atoms. The molecule has 2 N–H and O–H groups in total. The average Bonchev–Trinajstić information content (AvgIpc) is 2.81. The SMILES string of the molecule is CN[C@@H](CC(C)C)C(=O)N[C@H](C(=O)CCCCCCC(=O)[C@@H]([C@H](OC(C)=O)[C@H](C)CC=O)N(C)C)C(C)C. The van der Waals surface area contributed by atoms with E-state index < -0.39 is 24.2 Å². The Morgan fingerprint density at radius 1 is 0.895 bits per heavy atom. The second-order valence-electron chi connectivity index (χ2n) is 11.4. The summed E-state index contributed by atoms with van der Waals surface area (Å²) < 4.78 is 5.46. The summed E-state index contributed by atoms with van der Waals surface area (Å²) in [4.78, 5) is 63.0. The van der Waals surface area contributed by atoms with Gasteiger partial charge in [-0.2, -0.15) is 0 Å². The first-order valence-corrected chi connectivity index (χ1v) is 14.1. The zero-order chi connectivity index (χ0) is 29.4. The summed E-state index contributed by atoms with van der Waals surface area (Å²) in [6, 6.07) is -1.46. The largest absolute Gasteiger partial charge is 0.460 e. The molecule has 0 aromatic rings. The van der Waals surface area contributed by atoms with Crippen molar-refractivity contribution in [1.82, 2.24) is 15.5 Å². The monoisotopic (exact) mass is 539 g/mol. The number of hydrogen-bond donors (Lipinski definition) is 2. The fraction of sp³-hybridized carbons (Fsp3) is 0.828. The highest BCUT2D eigenvalue weighted by atomic mass is 16.5. The highest BCUT2D eigenvalue weighted by Gasteiger charge is 2.36. The van der Waals surface area contributed by atoms with E-state index in [2.05, 4.69) is 24.5 Å².